The predicted octanol–water partition coefficient (Wildman–Crippen LogP) is 4.43. The number of benzene rings is 3. The molecule has 2 N–H and O–H groups in total. The van der Waals surface area contributed by atoms with Crippen LogP contribution in [0, 0.1) is 6.92 Å². The SMILES string of the molecule is Cc1c(Cl)c(CO)c(CO)c(OCc2ccccc2)c1C(=O)Oc1ccccc1. The Balaban J connectivity index is 2.06. The first-order valence-electron chi connectivity index (χ1n) is 9.06. The van der Waals surface area contributed by atoms with Crippen molar-refractivity contribution >= 4 is 17.6 Å². The van der Waals surface area contributed by atoms with Gasteiger partial charge in [0, 0.05) is 11.1 Å². The van der Waals surface area contributed by atoms with Crippen LogP contribution in [-0.2, 0) is 19.8 Å². The van der Waals surface area contributed by atoms with Gasteiger partial charge in [-0.15, -0.1) is 0 Å². The molecule has 0 aliphatic heterocycles. The van der Waals surface area contributed by atoms with Crippen LogP contribution in [0.3, 0.4) is 0 Å². The summed E-state index contributed by atoms with van der Waals surface area (Å²) in [5, 5.41) is 19.9. The first-order valence-corrected chi connectivity index (χ1v) is 9.44. The highest BCUT2D eigenvalue weighted by Gasteiger charge is 2.27. The van der Waals surface area contributed by atoms with Crippen LogP contribution in [0.15, 0.2) is 60.7 Å². The zero-order valence-corrected chi connectivity index (χ0v) is 16.6. The Morgan fingerprint density at radius 1 is 0.931 bits per heavy atom. The van der Waals surface area contributed by atoms with Gasteiger partial charge >= 0.3 is 5.97 Å². The summed E-state index contributed by atoms with van der Waals surface area (Å²) in [6, 6.07) is 18.1. The molecule has 0 saturated heterocycles. The summed E-state index contributed by atoms with van der Waals surface area (Å²) in [5.41, 5.74) is 2.01. The van der Waals surface area contributed by atoms with Crippen molar-refractivity contribution in [3.05, 3.63) is 93.5 Å². The van der Waals surface area contributed by atoms with Crippen LogP contribution in [0.1, 0.15) is 32.6 Å². The predicted molar refractivity (Wildman–Crippen MR) is 110 cm³/mol. The van der Waals surface area contributed by atoms with Crippen molar-refractivity contribution in [2.45, 2.75) is 26.7 Å². The maximum Gasteiger partial charge on any atom is 0.347 e. The summed E-state index contributed by atoms with van der Waals surface area (Å²) in [5.74, 6) is -0.125. The fourth-order valence-corrected chi connectivity index (χ4v) is 3.31. The molecule has 3 rings (SSSR count). The Bertz CT molecular complexity index is 987. The van der Waals surface area contributed by atoms with E-state index in [1.54, 1.807) is 31.2 Å². The summed E-state index contributed by atoms with van der Waals surface area (Å²) in [7, 11) is 0. The molecule has 5 nitrogen and oxygen atoms in total. The van der Waals surface area contributed by atoms with E-state index in [0.717, 1.165) is 5.56 Å². The van der Waals surface area contributed by atoms with E-state index >= 15 is 0 Å². The molecule has 0 fully saturated rings. The molecular formula is C23H21ClO5. The van der Waals surface area contributed by atoms with Gasteiger partial charge in [0.2, 0.25) is 0 Å². The lowest BCUT2D eigenvalue weighted by atomic mass is 9.97. The number of rotatable bonds is 7. The molecule has 0 aliphatic rings. The van der Waals surface area contributed by atoms with Crippen molar-refractivity contribution in [3.63, 3.8) is 0 Å². The summed E-state index contributed by atoms with van der Waals surface area (Å²) < 4.78 is 11.4. The molecule has 0 bridgehead atoms. The van der Waals surface area contributed by atoms with Gasteiger partial charge in [-0.25, -0.2) is 4.79 Å². The van der Waals surface area contributed by atoms with E-state index in [2.05, 4.69) is 0 Å². The summed E-state index contributed by atoms with van der Waals surface area (Å²) in [4.78, 5) is 13.0. The van der Waals surface area contributed by atoms with Gasteiger partial charge in [0.25, 0.3) is 0 Å². The van der Waals surface area contributed by atoms with Crippen LogP contribution in [-0.4, -0.2) is 16.2 Å². The molecule has 0 aromatic heterocycles. The van der Waals surface area contributed by atoms with Crippen molar-refractivity contribution in [2.24, 2.45) is 0 Å². The minimum Gasteiger partial charge on any atom is -0.488 e. The lowest BCUT2D eigenvalue weighted by Gasteiger charge is -2.21. The second-order valence-electron chi connectivity index (χ2n) is 6.39. The molecule has 0 saturated carbocycles. The Kier molecular flexibility index (Phi) is 6.88. The normalized spacial score (nSPS) is 10.6. The molecule has 3 aromatic rings. The third-order valence-electron chi connectivity index (χ3n) is 4.53. The van der Waals surface area contributed by atoms with Crippen molar-refractivity contribution in [3.8, 4) is 11.5 Å². The van der Waals surface area contributed by atoms with Gasteiger partial charge in [0.05, 0.1) is 18.2 Å². The molecule has 0 unspecified atom stereocenters. The van der Waals surface area contributed by atoms with Gasteiger partial charge in [-0.1, -0.05) is 60.1 Å². The average Bonchev–Trinajstić information content (AvgIpc) is 2.75. The van der Waals surface area contributed by atoms with Crippen molar-refractivity contribution in [1.82, 2.24) is 0 Å². The van der Waals surface area contributed by atoms with E-state index in [0.29, 0.717) is 16.9 Å². The number of halogens is 1. The molecule has 0 spiro atoms. The van der Waals surface area contributed by atoms with Gasteiger partial charge in [-0.2, -0.15) is 0 Å². The highest BCUT2D eigenvalue weighted by molar-refractivity contribution is 6.33. The number of ether oxygens (including phenoxy) is 2. The molecule has 0 atom stereocenters. The number of aliphatic hydroxyl groups is 2. The molecule has 3 aromatic carbocycles. The van der Waals surface area contributed by atoms with Gasteiger partial charge < -0.3 is 19.7 Å². The van der Waals surface area contributed by atoms with Gasteiger partial charge in [0.15, 0.2) is 0 Å². The second-order valence-corrected chi connectivity index (χ2v) is 6.77. The molecule has 0 amide bonds. The van der Waals surface area contributed by atoms with E-state index in [1.165, 1.54) is 0 Å². The van der Waals surface area contributed by atoms with Gasteiger partial charge in [0.1, 0.15) is 23.7 Å². The van der Waals surface area contributed by atoms with Crippen LogP contribution in [0.4, 0.5) is 0 Å². The number of aliphatic hydroxyl groups excluding tert-OH is 2. The first-order chi connectivity index (χ1) is 14.1. The van der Waals surface area contributed by atoms with E-state index in [9.17, 15) is 15.0 Å². The number of para-hydroxylation sites is 1. The number of esters is 1. The minimum atomic E-state index is -0.655. The van der Waals surface area contributed by atoms with Crippen LogP contribution >= 0.6 is 11.6 Å². The molecule has 0 radical (unpaired) electrons. The zero-order chi connectivity index (χ0) is 20.8. The van der Waals surface area contributed by atoms with Gasteiger partial charge in [-0.3, -0.25) is 0 Å². The molecule has 0 heterocycles. The van der Waals surface area contributed by atoms with Crippen molar-refractivity contribution in [1.29, 1.82) is 0 Å². The Morgan fingerprint density at radius 3 is 2.10 bits per heavy atom. The van der Waals surface area contributed by atoms with E-state index in [1.807, 2.05) is 36.4 Å². The lowest BCUT2D eigenvalue weighted by molar-refractivity contribution is 0.0728. The quantitative estimate of drug-likeness (QED) is 0.443. The fraction of sp³-hybridized carbons (Fsp3) is 0.174. The third kappa shape index (κ3) is 4.59. The number of hydrogen-bond acceptors (Lipinski definition) is 5. The summed E-state index contributed by atoms with van der Waals surface area (Å²) in [6.07, 6.45) is 0. The van der Waals surface area contributed by atoms with Crippen LogP contribution in [0.5, 0.6) is 11.5 Å². The number of hydrogen-bond donors (Lipinski definition) is 2. The Labute approximate surface area is 174 Å². The van der Waals surface area contributed by atoms with Crippen LogP contribution in [0.25, 0.3) is 0 Å². The van der Waals surface area contributed by atoms with Gasteiger partial charge in [-0.05, 0) is 30.2 Å². The lowest BCUT2D eigenvalue weighted by Crippen LogP contribution is -2.16. The van der Waals surface area contributed by atoms with Crippen molar-refractivity contribution < 1.29 is 24.5 Å². The molecule has 29 heavy (non-hydrogen) atoms. The third-order valence-corrected chi connectivity index (χ3v) is 5.05. The average molecular weight is 413 g/mol. The standard InChI is InChI=1S/C23H21ClO5/c1-15-20(23(27)29-17-10-6-3-7-11-17)22(19(13-26)18(12-25)21(15)24)28-14-16-8-4-2-5-9-16/h2-11,25-26H,12-14H2,1H3. The second kappa shape index (κ2) is 9.56. The fourth-order valence-electron chi connectivity index (χ4n) is 3.04. The maximum atomic E-state index is 13.0. The first kappa shape index (κ1) is 20.9. The zero-order valence-electron chi connectivity index (χ0n) is 15.9. The van der Waals surface area contributed by atoms with E-state index in [-0.39, 0.29) is 28.5 Å². The molecular weight excluding hydrogens is 392 g/mol. The van der Waals surface area contributed by atoms with Crippen LogP contribution in [0.2, 0.25) is 5.02 Å². The smallest absolute Gasteiger partial charge is 0.347 e. The Morgan fingerprint density at radius 2 is 1.52 bits per heavy atom. The maximum absolute atomic E-state index is 13.0. The van der Waals surface area contributed by atoms with E-state index in [4.69, 9.17) is 21.1 Å². The number of carbonyl (C=O) groups is 1. The summed E-state index contributed by atoms with van der Waals surface area (Å²) >= 11 is 6.38. The molecule has 150 valence electrons. The monoisotopic (exact) mass is 412 g/mol. The Hall–Kier alpha value is -2.86. The van der Waals surface area contributed by atoms with E-state index < -0.39 is 19.2 Å². The highest BCUT2D eigenvalue weighted by atomic mass is 35.5. The van der Waals surface area contributed by atoms with Crippen LogP contribution < -0.4 is 9.47 Å². The topological polar surface area (TPSA) is 76.0 Å². The number of carbonyl (C=O) groups excluding carboxylic acids is 1. The molecule has 6 heteroatoms. The minimum absolute atomic E-state index is 0.121. The highest BCUT2D eigenvalue weighted by Crippen LogP contribution is 2.38. The molecule has 0 aliphatic carbocycles. The largest absolute Gasteiger partial charge is 0.488 e. The van der Waals surface area contributed by atoms with Crippen molar-refractivity contribution in [2.75, 3.05) is 0 Å². The summed E-state index contributed by atoms with van der Waals surface area (Å²) in [6.45, 7) is 0.974.